The largest absolute Gasteiger partial charge is 0.385 e. The van der Waals surface area contributed by atoms with Gasteiger partial charge >= 0.3 is 6.03 Å². The first-order valence-electron chi connectivity index (χ1n) is 5.01. The maximum Gasteiger partial charge on any atom is 0.319 e. The van der Waals surface area contributed by atoms with Crippen LogP contribution in [0.15, 0.2) is 24.3 Å². The molecule has 0 radical (unpaired) electrons. The van der Waals surface area contributed by atoms with E-state index < -0.39 is 0 Å². The van der Waals surface area contributed by atoms with Crippen LogP contribution in [-0.4, -0.2) is 26.3 Å². The fraction of sp³-hybridized carbons (Fsp3) is 0.364. The normalized spacial score (nSPS) is 9.88. The third-order valence-electron chi connectivity index (χ3n) is 1.89. The zero-order valence-corrected chi connectivity index (χ0v) is 11.3. The molecule has 0 bridgehead atoms. The molecule has 0 spiro atoms. The molecule has 0 saturated carbocycles. The summed E-state index contributed by atoms with van der Waals surface area (Å²) in [5, 5.41) is 5.52. The number of benzene rings is 1. The van der Waals surface area contributed by atoms with E-state index in [-0.39, 0.29) is 6.03 Å². The number of rotatable bonds is 5. The molecular weight excluding hydrogens is 319 g/mol. The lowest BCUT2D eigenvalue weighted by Crippen LogP contribution is -2.30. The number of amides is 2. The molecule has 0 aliphatic carbocycles. The number of methoxy groups -OCH3 is 1. The van der Waals surface area contributed by atoms with Crippen molar-refractivity contribution in [2.24, 2.45) is 0 Å². The van der Waals surface area contributed by atoms with E-state index in [2.05, 4.69) is 33.2 Å². The smallest absolute Gasteiger partial charge is 0.319 e. The topological polar surface area (TPSA) is 50.4 Å². The minimum Gasteiger partial charge on any atom is -0.385 e. The zero-order valence-electron chi connectivity index (χ0n) is 9.13. The average Bonchev–Trinajstić information content (AvgIpc) is 2.24. The predicted molar refractivity (Wildman–Crippen MR) is 72.7 cm³/mol. The van der Waals surface area contributed by atoms with E-state index in [1.807, 2.05) is 24.3 Å². The van der Waals surface area contributed by atoms with Crippen molar-refractivity contribution in [2.45, 2.75) is 6.42 Å². The van der Waals surface area contributed by atoms with Crippen LogP contribution < -0.4 is 10.6 Å². The van der Waals surface area contributed by atoms with Gasteiger partial charge in [-0.25, -0.2) is 4.79 Å². The predicted octanol–water partition coefficient (Wildman–Crippen LogP) is 2.45. The van der Waals surface area contributed by atoms with E-state index in [0.717, 1.165) is 15.7 Å². The van der Waals surface area contributed by atoms with Crippen LogP contribution in [0.25, 0.3) is 0 Å². The molecule has 0 unspecified atom stereocenters. The quantitative estimate of drug-likeness (QED) is 0.642. The van der Waals surface area contributed by atoms with E-state index in [4.69, 9.17) is 4.74 Å². The molecule has 5 heteroatoms. The summed E-state index contributed by atoms with van der Waals surface area (Å²) in [6, 6.07) is 7.47. The molecule has 1 aromatic carbocycles. The number of nitrogens with one attached hydrogen (secondary N) is 2. The lowest BCUT2D eigenvalue weighted by molar-refractivity contribution is 0.194. The number of urea groups is 1. The number of anilines is 1. The standard InChI is InChI=1S/C11H15IN2O2/c1-16-7-3-6-13-11(15)14-10-5-2-4-9(12)8-10/h2,4-5,8H,3,6-7H2,1H3,(H2,13,14,15). The number of hydrogen-bond donors (Lipinski definition) is 2. The van der Waals surface area contributed by atoms with Crippen LogP contribution >= 0.6 is 22.6 Å². The monoisotopic (exact) mass is 334 g/mol. The first-order chi connectivity index (χ1) is 7.72. The Morgan fingerprint density at radius 3 is 3.00 bits per heavy atom. The van der Waals surface area contributed by atoms with Gasteiger partial charge in [0.05, 0.1) is 0 Å². The van der Waals surface area contributed by atoms with Crippen LogP contribution in [0.1, 0.15) is 6.42 Å². The number of carbonyl (C=O) groups excluding carboxylic acids is 1. The van der Waals surface area contributed by atoms with Crippen molar-refractivity contribution in [1.82, 2.24) is 5.32 Å². The summed E-state index contributed by atoms with van der Waals surface area (Å²) >= 11 is 2.20. The highest BCUT2D eigenvalue weighted by molar-refractivity contribution is 14.1. The minimum atomic E-state index is -0.182. The highest BCUT2D eigenvalue weighted by Gasteiger charge is 2.00. The van der Waals surface area contributed by atoms with Gasteiger partial charge in [0, 0.05) is 29.5 Å². The van der Waals surface area contributed by atoms with E-state index >= 15 is 0 Å². The Kier molecular flexibility index (Phi) is 6.17. The second-order valence-electron chi connectivity index (χ2n) is 3.24. The lowest BCUT2D eigenvalue weighted by atomic mass is 10.3. The Morgan fingerprint density at radius 1 is 1.50 bits per heavy atom. The molecule has 1 rings (SSSR count). The van der Waals surface area contributed by atoms with Gasteiger partial charge in [-0.2, -0.15) is 0 Å². The molecule has 0 aliphatic rings. The van der Waals surface area contributed by atoms with Crippen molar-refractivity contribution in [3.63, 3.8) is 0 Å². The molecule has 0 saturated heterocycles. The molecule has 0 aromatic heterocycles. The van der Waals surface area contributed by atoms with Crippen molar-refractivity contribution in [3.05, 3.63) is 27.8 Å². The van der Waals surface area contributed by atoms with Crippen LogP contribution in [0.2, 0.25) is 0 Å². The third-order valence-corrected chi connectivity index (χ3v) is 2.56. The molecule has 88 valence electrons. The molecular formula is C11H15IN2O2. The molecule has 0 aliphatic heterocycles. The van der Waals surface area contributed by atoms with Crippen LogP contribution in [0, 0.1) is 3.57 Å². The average molecular weight is 334 g/mol. The van der Waals surface area contributed by atoms with Crippen LogP contribution in [-0.2, 0) is 4.74 Å². The summed E-state index contributed by atoms with van der Waals surface area (Å²) in [5.74, 6) is 0. The Labute approximate surface area is 109 Å². The Morgan fingerprint density at radius 2 is 2.31 bits per heavy atom. The molecule has 0 atom stereocenters. The molecule has 0 heterocycles. The number of halogens is 1. The zero-order chi connectivity index (χ0) is 11.8. The van der Waals surface area contributed by atoms with Gasteiger partial charge in [-0.1, -0.05) is 6.07 Å². The molecule has 0 fully saturated rings. The highest BCUT2D eigenvalue weighted by atomic mass is 127. The van der Waals surface area contributed by atoms with Crippen LogP contribution in [0.5, 0.6) is 0 Å². The van der Waals surface area contributed by atoms with Gasteiger partial charge in [0.1, 0.15) is 0 Å². The Balaban J connectivity index is 2.29. The van der Waals surface area contributed by atoms with Crippen molar-refractivity contribution >= 4 is 34.3 Å². The fourth-order valence-electron chi connectivity index (χ4n) is 1.16. The molecule has 2 N–H and O–H groups in total. The second kappa shape index (κ2) is 7.45. The molecule has 2 amide bonds. The van der Waals surface area contributed by atoms with E-state index in [1.165, 1.54) is 0 Å². The summed E-state index contributed by atoms with van der Waals surface area (Å²) in [6.07, 6.45) is 0.816. The van der Waals surface area contributed by atoms with Crippen molar-refractivity contribution in [1.29, 1.82) is 0 Å². The lowest BCUT2D eigenvalue weighted by Gasteiger charge is -2.07. The minimum absolute atomic E-state index is 0.182. The number of hydrogen-bond acceptors (Lipinski definition) is 2. The first-order valence-corrected chi connectivity index (χ1v) is 6.09. The van der Waals surface area contributed by atoms with Gasteiger partial charge in [-0.15, -0.1) is 0 Å². The van der Waals surface area contributed by atoms with Crippen molar-refractivity contribution in [3.8, 4) is 0 Å². The molecule has 16 heavy (non-hydrogen) atoms. The summed E-state index contributed by atoms with van der Waals surface area (Å²) in [6.45, 7) is 1.27. The summed E-state index contributed by atoms with van der Waals surface area (Å²) in [4.78, 5) is 11.4. The highest BCUT2D eigenvalue weighted by Crippen LogP contribution is 2.11. The van der Waals surface area contributed by atoms with Gasteiger partial charge in [0.2, 0.25) is 0 Å². The maximum absolute atomic E-state index is 11.4. The van der Waals surface area contributed by atoms with Crippen LogP contribution in [0.4, 0.5) is 10.5 Å². The summed E-state index contributed by atoms with van der Waals surface area (Å²) < 4.78 is 5.98. The second-order valence-corrected chi connectivity index (χ2v) is 4.48. The number of carbonyl (C=O) groups is 1. The maximum atomic E-state index is 11.4. The third kappa shape index (κ3) is 5.32. The van der Waals surface area contributed by atoms with E-state index in [0.29, 0.717) is 13.2 Å². The van der Waals surface area contributed by atoms with E-state index in [1.54, 1.807) is 7.11 Å². The summed E-state index contributed by atoms with van der Waals surface area (Å²) in [5.41, 5.74) is 0.802. The SMILES string of the molecule is COCCCNC(=O)Nc1cccc(I)c1. The van der Waals surface area contributed by atoms with Crippen molar-refractivity contribution in [2.75, 3.05) is 25.6 Å². The van der Waals surface area contributed by atoms with Gasteiger partial charge in [0.25, 0.3) is 0 Å². The first kappa shape index (κ1) is 13.2. The van der Waals surface area contributed by atoms with Crippen LogP contribution in [0.3, 0.4) is 0 Å². The fourth-order valence-corrected chi connectivity index (χ4v) is 1.70. The molecule has 1 aromatic rings. The van der Waals surface area contributed by atoms with Gasteiger partial charge in [0.15, 0.2) is 0 Å². The van der Waals surface area contributed by atoms with Gasteiger partial charge < -0.3 is 15.4 Å². The van der Waals surface area contributed by atoms with Crippen molar-refractivity contribution < 1.29 is 9.53 Å². The van der Waals surface area contributed by atoms with Gasteiger partial charge in [-0.3, -0.25) is 0 Å². The Bertz CT molecular complexity index is 345. The number of ether oxygens (including phenoxy) is 1. The Hall–Kier alpha value is -0.820. The van der Waals surface area contributed by atoms with E-state index in [9.17, 15) is 4.79 Å². The summed E-state index contributed by atoms with van der Waals surface area (Å²) in [7, 11) is 1.64. The van der Waals surface area contributed by atoms with Gasteiger partial charge in [-0.05, 0) is 47.2 Å². The molecule has 4 nitrogen and oxygen atoms in total.